The molecule has 2 aromatic carbocycles. The first-order valence-electron chi connectivity index (χ1n) is 9.53. The molecule has 2 aromatic rings. The Balaban J connectivity index is 2.02. The van der Waals surface area contributed by atoms with E-state index in [2.05, 4.69) is 4.99 Å². The van der Waals surface area contributed by atoms with Crippen molar-refractivity contribution in [2.75, 3.05) is 37.0 Å². The fraction of sp³-hybridized carbons (Fsp3) is 0.273. The molecular weight excluding hydrogens is 384 g/mol. The van der Waals surface area contributed by atoms with E-state index in [1.54, 1.807) is 12.1 Å². The topological polar surface area (TPSA) is 57.4 Å². The van der Waals surface area contributed by atoms with Crippen LogP contribution in [0.4, 0.5) is 11.4 Å². The lowest BCUT2D eigenvalue weighted by molar-refractivity contribution is -0.856. The Morgan fingerprint density at radius 1 is 1.00 bits per heavy atom. The summed E-state index contributed by atoms with van der Waals surface area (Å²) >= 11 is 5.61. The number of hydrogen-bond donors (Lipinski definition) is 1. The van der Waals surface area contributed by atoms with E-state index in [-0.39, 0.29) is 16.9 Å². The Bertz CT molecular complexity index is 943. The molecule has 1 saturated heterocycles. The van der Waals surface area contributed by atoms with Gasteiger partial charge in [0.2, 0.25) is 0 Å². The van der Waals surface area contributed by atoms with Crippen LogP contribution in [0, 0.1) is 12.8 Å². The van der Waals surface area contributed by atoms with E-state index in [0.29, 0.717) is 17.9 Å². The van der Waals surface area contributed by atoms with Crippen molar-refractivity contribution in [1.82, 2.24) is 0 Å². The zero-order chi connectivity index (χ0) is 21.0. The third-order valence-electron chi connectivity index (χ3n) is 4.72. The van der Waals surface area contributed by atoms with Crippen LogP contribution in [-0.4, -0.2) is 50.3 Å². The monoisotopic (exact) mass is 409 g/mol. The van der Waals surface area contributed by atoms with Crippen molar-refractivity contribution in [3.8, 4) is 0 Å². The van der Waals surface area contributed by atoms with E-state index in [1.165, 1.54) is 20.9 Å². The molecule has 1 N–H and O–H groups in total. The van der Waals surface area contributed by atoms with Gasteiger partial charge in [0.1, 0.15) is 0 Å². The zero-order valence-corrected chi connectivity index (χ0v) is 17.6. The SMILES string of the molecule is Cc1ccccc1N1C(=O)[C@H](C=NCC[NH+](C)C)C(=O)N(c2ccccc2)C1=S. The molecule has 150 valence electrons. The Morgan fingerprint density at radius 3 is 2.28 bits per heavy atom. The molecule has 7 heteroatoms. The van der Waals surface area contributed by atoms with Gasteiger partial charge in [-0.05, 0) is 42.9 Å². The number of thiocarbonyl (C=S) groups is 1. The second-order valence-electron chi connectivity index (χ2n) is 7.24. The maximum atomic E-state index is 13.3. The predicted molar refractivity (Wildman–Crippen MR) is 120 cm³/mol. The number of carbonyl (C=O) groups excluding carboxylic acids is 2. The van der Waals surface area contributed by atoms with E-state index in [1.807, 2.05) is 63.5 Å². The number of hydrogen-bond acceptors (Lipinski definition) is 4. The highest BCUT2D eigenvalue weighted by Gasteiger charge is 2.44. The fourth-order valence-electron chi connectivity index (χ4n) is 3.12. The largest absolute Gasteiger partial charge is 0.338 e. The van der Waals surface area contributed by atoms with Gasteiger partial charge in [0.05, 0.1) is 38.6 Å². The minimum atomic E-state index is -1.02. The van der Waals surface area contributed by atoms with Crippen LogP contribution in [0.3, 0.4) is 0 Å². The first-order chi connectivity index (χ1) is 13.9. The lowest BCUT2D eigenvalue weighted by atomic mass is 10.0. The standard InChI is InChI=1S/C22H24N4O2S/c1-16-9-7-8-12-19(16)26-21(28)18(15-23-13-14-24(2)3)20(27)25(22(26)29)17-10-5-4-6-11-17/h4-12,15,18H,13-14H2,1-3H3/p+1/t18-/m1/s1. The average molecular weight is 410 g/mol. The van der Waals surface area contributed by atoms with Gasteiger partial charge in [-0.2, -0.15) is 0 Å². The number of anilines is 2. The lowest BCUT2D eigenvalue weighted by Gasteiger charge is -2.38. The molecule has 2 amide bonds. The molecule has 0 radical (unpaired) electrons. The molecule has 1 heterocycles. The second-order valence-corrected chi connectivity index (χ2v) is 7.61. The van der Waals surface area contributed by atoms with E-state index >= 15 is 0 Å². The van der Waals surface area contributed by atoms with Crippen LogP contribution in [-0.2, 0) is 9.59 Å². The highest BCUT2D eigenvalue weighted by molar-refractivity contribution is 7.81. The molecule has 1 atom stereocenters. The van der Waals surface area contributed by atoms with Gasteiger partial charge in [-0.25, -0.2) is 0 Å². The maximum absolute atomic E-state index is 13.3. The van der Waals surface area contributed by atoms with Crippen LogP contribution < -0.4 is 14.7 Å². The highest BCUT2D eigenvalue weighted by Crippen LogP contribution is 2.30. The summed E-state index contributed by atoms with van der Waals surface area (Å²) in [7, 11) is 4.06. The molecule has 3 rings (SSSR count). The molecule has 1 aliphatic rings. The van der Waals surface area contributed by atoms with Crippen LogP contribution in [0.25, 0.3) is 0 Å². The number of nitrogens with zero attached hydrogens (tertiary/aromatic N) is 3. The van der Waals surface area contributed by atoms with Gasteiger partial charge in [0.25, 0.3) is 11.8 Å². The number of likely N-dealkylation sites (N-methyl/N-ethyl adjacent to an activating group) is 1. The number of rotatable bonds is 6. The quantitative estimate of drug-likeness (QED) is 0.447. The van der Waals surface area contributed by atoms with E-state index < -0.39 is 5.92 Å². The zero-order valence-electron chi connectivity index (χ0n) is 16.8. The number of quaternary nitrogens is 1. The smallest absolute Gasteiger partial charge is 0.251 e. The molecule has 1 aliphatic heterocycles. The van der Waals surface area contributed by atoms with Crippen molar-refractivity contribution in [3.63, 3.8) is 0 Å². The molecule has 0 saturated carbocycles. The number of aryl methyl sites for hydroxylation is 1. The van der Waals surface area contributed by atoms with Gasteiger partial charge in [0, 0.05) is 6.21 Å². The van der Waals surface area contributed by atoms with Gasteiger partial charge in [-0.15, -0.1) is 0 Å². The summed E-state index contributed by atoms with van der Waals surface area (Å²) < 4.78 is 0. The summed E-state index contributed by atoms with van der Waals surface area (Å²) in [6, 6.07) is 16.7. The molecule has 0 aliphatic carbocycles. The number of nitrogens with one attached hydrogen (secondary N) is 1. The first kappa shape index (κ1) is 20.8. The number of aliphatic imine (C=N–C) groups is 1. The average Bonchev–Trinajstić information content (AvgIpc) is 2.69. The van der Waals surface area contributed by atoms with Gasteiger partial charge >= 0.3 is 0 Å². The van der Waals surface area contributed by atoms with Crippen LogP contribution in [0.15, 0.2) is 59.6 Å². The lowest BCUT2D eigenvalue weighted by Crippen LogP contribution is -3.06. The summed E-state index contributed by atoms with van der Waals surface area (Å²) in [5.74, 6) is -1.77. The summed E-state index contributed by atoms with van der Waals surface area (Å²) in [5, 5.41) is 0.155. The Kier molecular flexibility index (Phi) is 6.51. The van der Waals surface area contributed by atoms with Crippen LogP contribution in [0.5, 0.6) is 0 Å². The molecule has 6 nitrogen and oxygen atoms in total. The first-order valence-corrected chi connectivity index (χ1v) is 9.94. The Hall–Kier alpha value is -2.90. The Morgan fingerprint density at radius 2 is 1.62 bits per heavy atom. The fourth-order valence-corrected chi connectivity index (χ4v) is 3.50. The number of amides is 2. The molecule has 0 unspecified atom stereocenters. The van der Waals surface area contributed by atoms with Crippen molar-refractivity contribution in [1.29, 1.82) is 0 Å². The van der Waals surface area contributed by atoms with Crippen molar-refractivity contribution in [2.24, 2.45) is 10.9 Å². The summed E-state index contributed by atoms with van der Waals surface area (Å²) in [4.78, 5) is 35.0. The summed E-state index contributed by atoms with van der Waals surface area (Å²) in [6.07, 6.45) is 1.47. The molecular formula is C22H25N4O2S+. The molecule has 1 fully saturated rings. The van der Waals surface area contributed by atoms with Crippen LogP contribution >= 0.6 is 12.2 Å². The number of carbonyl (C=O) groups is 2. The molecule has 0 bridgehead atoms. The van der Waals surface area contributed by atoms with Crippen molar-refractivity contribution in [2.45, 2.75) is 6.92 Å². The normalized spacial score (nSPS) is 17.7. The van der Waals surface area contributed by atoms with E-state index in [4.69, 9.17) is 12.2 Å². The summed E-state index contributed by atoms with van der Waals surface area (Å²) in [5.41, 5.74) is 2.20. The van der Waals surface area contributed by atoms with Crippen LogP contribution in [0.2, 0.25) is 0 Å². The number of para-hydroxylation sites is 2. The molecule has 29 heavy (non-hydrogen) atoms. The Labute approximate surface area is 176 Å². The maximum Gasteiger partial charge on any atom is 0.251 e. The molecule has 0 aromatic heterocycles. The minimum absolute atomic E-state index is 0.155. The van der Waals surface area contributed by atoms with Crippen LogP contribution in [0.1, 0.15) is 5.56 Å². The van der Waals surface area contributed by atoms with E-state index in [9.17, 15) is 9.59 Å². The molecule has 0 spiro atoms. The van der Waals surface area contributed by atoms with E-state index in [0.717, 1.165) is 12.1 Å². The van der Waals surface area contributed by atoms with Gasteiger partial charge < -0.3 is 4.90 Å². The third-order valence-corrected chi connectivity index (χ3v) is 5.09. The predicted octanol–water partition coefficient (Wildman–Crippen LogP) is 1.49. The summed E-state index contributed by atoms with van der Waals surface area (Å²) in [6.45, 7) is 3.27. The van der Waals surface area contributed by atoms with Gasteiger partial charge in [-0.1, -0.05) is 36.4 Å². The minimum Gasteiger partial charge on any atom is -0.338 e. The second kappa shape index (κ2) is 9.07. The van der Waals surface area contributed by atoms with Gasteiger partial charge in [0.15, 0.2) is 11.0 Å². The van der Waals surface area contributed by atoms with Crippen molar-refractivity contribution in [3.05, 3.63) is 60.2 Å². The van der Waals surface area contributed by atoms with Crippen molar-refractivity contribution < 1.29 is 14.5 Å². The third kappa shape index (κ3) is 4.41. The number of benzene rings is 2. The van der Waals surface area contributed by atoms with Crippen molar-refractivity contribution >= 4 is 46.7 Å². The highest BCUT2D eigenvalue weighted by atomic mass is 32.1. The van der Waals surface area contributed by atoms with Gasteiger partial charge in [-0.3, -0.25) is 24.4 Å².